The van der Waals surface area contributed by atoms with Crippen LogP contribution >= 0.6 is 0 Å². The summed E-state index contributed by atoms with van der Waals surface area (Å²) in [7, 11) is -3.81. The van der Waals surface area contributed by atoms with E-state index in [1.807, 2.05) is 13.0 Å². The number of nitrogens with one attached hydrogen (secondary N) is 1. The van der Waals surface area contributed by atoms with Gasteiger partial charge in [-0.1, -0.05) is 24.3 Å². The van der Waals surface area contributed by atoms with E-state index in [0.29, 0.717) is 11.1 Å². The molecular weight excluding hydrogens is 393 g/mol. The van der Waals surface area contributed by atoms with E-state index >= 15 is 0 Å². The zero-order chi connectivity index (χ0) is 21.0. The topological polar surface area (TPSA) is 76.4 Å². The van der Waals surface area contributed by atoms with E-state index in [0.717, 1.165) is 5.56 Å². The third kappa shape index (κ3) is 4.92. The van der Waals surface area contributed by atoms with Crippen LogP contribution < -0.4 is 5.32 Å². The van der Waals surface area contributed by atoms with Gasteiger partial charge in [-0.05, 0) is 60.9 Å². The van der Waals surface area contributed by atoms with Crippen LogP contribution in [0, 0.1) is 19.7 Å². The van der Waals surface area contributed by atoms with Crippen molar-refractivity contribution in [3.05, 3.63) is 89.1 Å². The Balaban J connectivity index is 1.82. The highest BCUT2D eigenvalue weighted by Gasteiger charge is 2.33. The van der Waals surface area contributed by atoms with Gasteiger partial charge in [0.2, 0.25) is 5.91 Å². The number of rotatable bonds is 7. The van der Waals surface area contributed by atoms with Crippen molar-refractivity contribution in [2.45, 2.75) is 30.4 Å². The molecule has 1 atom stereocenters. The van der Waals surface area contributed by atoms with Gasteiger partial charge in [-0.25, -0.2) is 12.8 Å². The molecule has 3 rings (SSSR count). The fourth-order valence-electron chi connectivity index (χ4n) is 3.06. The molecule has 0 fully saturated rings. The molecule has 0 saturated carbocycles. The largest absolute Gasteiger partial charge is 0.468 e. The van der Waals surface area contributed by atoms with Gasteiger partial charge >= 0.3 is 0 Å². The van der Waals surface area contributed by atoms with Gasteiger partial charge in [-0.15, -0.1) is 0 Å². The standard InChI is InChI=1S/C22H22FNO4S/c1-15-5-6-16(2)20(12-15)29(26,27)21(19-4-3-11-28-19)14-24-22(25)13-17-7-9-18(23)10-8-17/h3-12,21H,13-14H2,1-2H3,(H,24,25)/t21-/m1/s1. The molecule has 0 unspecified atom stereocenters. The highest BCUT2D eigenvalue weighted by atomic mass is 32.2. The first kappa shape index (κ1) is 20.8. The molecule has 0 aliphatic rings. The van der Waals surface area contributed by atoms with Crippen molar-refractivity contribution in [3.8, 4) is 0 Å². The second kappa shape index (κ2) is 8.61. The van der Waals surface area contributed by atoms with Crippen LogP contribution in [0.15, 0.2) is 70.2 Å². The van der Waals surface area contributed by atoms with Crippen LogP contribution in [0.2, 0.25) is 0 Å². The highest BCUT2D eigenvalue weighted by molar-refractivity contribution is 7.91. The number of hydrogen-bond acceptors (Lipinski definition) is 4. The molecule has 1 heterocycles. The number of halogens is 1. The third-order valence-electron chi connectivity index (χ3n) is 4.65. The fourth-order valence-corrected chi connectivity index (χ4v) is 4.98. The van der Waals surface area contributed by atoms with Gasteiger partial charge in [-0.2, -0.15) is 0 Å². The Morgan fingerprint density at radius 3 is 2.48 bits per heavy atom. The molecule has 1 aromatic heterocycles. The molecule has 0 radical (unpaired) electrons. The minimum atomic E-state index is -3.81. The van der Waals surface area contributed by atoms with Crippen molar-refractivity contribution in [3.63, 3.8) is 0 Å². The van der Waals surface area contributed by atoms with Gasteiger partial charge in [0.05, 0.1) is 17.6 Å². The number of sulfone groups is 1. The van der Waals surface area contributed by atoms with Gasteiger partial charge in [0, 0.05) is 6.54 Å². The molecule has 0 aliphatic carbocycles. The lowest BCUT2D eigenvalue weighted by Gasteiger charge is -2.18. The van der Waals surface area contributed by atoms with Crippen LogP contribution in [0.3, 0.4) is 0 Å². The van der Waals surface area contributed by atoms with Crippen LogP contribution in [0.4, 0.5) is 4.39 Å². The lowest BCUT2D eigenvalue weighted by Crippen LogP contribution is -2.33. The summed E-state index contributed by atoms with van der Waals surface area (Å²) in [6.45, 7) is 3.42. The Labute approximate surface area is 169 Å². The summed E-state index contributed by atoms with van der Waals surface area (Å²) in [6.07, 6.45) is 1.43. The summed E-state index contributed by atoms with van der Waals surface area (Å²) < 4.78 is 45.1. The highest BCUT2D eigenvalue weighted by Crippen LogP contribution is 2.31. The molecule has 0 saturated heterocycles. The lowest BCUT2D eigenvalue weighted by atomic mass is 10.1. The number of amides is 1. The van der Waals surface area contributed by atoms with Crippen LogP contribution in [0.5, 0.6) is 0 Å². The van der Waals surface area contributed by atoms with E-state index in [-0.39, 0.29) is 35.3 Å². The Morgan fingerprint density at radius 1 is 1.10 bits per heavy atom. The summed E-state index contributed by atoms with van der Waals surface area (Å²) in [5.74, 6) is -0.482. The van der Waals surface area contributed by atoms with Crippen molar-refractivity contribution >= 4 is 15.7 Å². The van der Waals surface area contributed by atoms with Crippen molar-refractivity contribution in [1.29, 1.82) is 0 Å². The second-order valence-electron chi connectivity index (χ2n) is 6.93. The normalized spacial score (nSPS) is 12.5. The number of carbonyl (C=O) groups excluding carboxylic acids is 1. The zero-order valence-corrected chi connectivity index (χ0v) is 17.0. The third-order valence-corrected chi connectivity index (χ3v) is 6.85. The minimum Gasteiger partial charge on any atom is -0.468 e. The summed E-state index contributed by atoms with van der Waals surface area (Å²) >= 11 is 0. The first-order valence-corrected chi connectivity index (χ1v) is 10.7. The Hall–Kier alpha value is -2.93. The predicted molar refractivity (Wildman–Crippen MR) is 108 cm³/mol. The van der Waals surface area contributed by atoms with Crippen molar-refractivity contribution in [2.75, 3.05) is 6.54 Å². The number of carbonyl (C=O) groups is 1. The molecule has 3 aromatic rings. The zero-order valence-electron chi connectivity index (χ0n) is 16.2. The van der Waals surface area contributed by atoms with Crippen LogP contribution in [-0.4, -0.2) is 20.9 Å². The van der Waals surface area contributed by atoms with Crippen molar-refractivity contribution in [1.82, 2.24) is 5.32 Å². The molecule has 5 nitrogen and oxygen atoms in total. The Kier molecular flexibility index (Phi) is 6.17. The van der Waals surface area contributed by atoms with E-state index < -0.39 is 15.1 Å². The van der Waals surface area contributed by atoms with Crippen molar-refractivity contribution < 1.29 is 22.0 Å². The molecule has 7 heteroatoms. The molecule has 0 bridgehead atoms. The number of hydrogen-bond donors (Lipinski definition) is 1. The van der Waals surface area contributed by atoms with E-state index in [1.54, 1.807) is 31.2 Å². The monoisotopic (exact) mass is 415 g/mol. The van der Waals surface area contributed by atoms with E-state index in [4.69, 9.17) is 4.42 Å². The first-order chi connectivity index (χ1) is 13.8. The maximum absolute atomic E-state index is 13.4. The number of benzene rings is 2. The van der Waals surface area contributed by atoms with E-state index in [2.05, 4.69) is 5.32 Å². The van der Waals surface area contributed by atoms with Gasteiger partial charge in [-0.3, -0.25) is 4.79 Å². The van der Waals surface area contributed by atoms with Crippen LogP contribution in [0.1, 0.15) is 27.7 Å². The van der Waals surface area contributed by atoms with Gasteiger partial charge in [0.25, 0.3) is 0 Å². The Morgan fingerprint density at radius 2 is 1.83 bits per heavy atom. The maximum Gasteiger partial charge on any atom is 0.224 e. The van der Waals surface area contributed by atoms with Crippen LogP contribution in [0.25, 0.3) is 0 Å². The average molecular weight is 415 g/mol. The molecule has 0 aliphatic heterocycles. The summed E-state index contributed by atoms with van der Waals surface area (Å²) in [4.78, 5) is 12.5. The van der Waals surface area contributed by atoms with E-state index in [9.17, 15) is 17.6 Å². The summed E-state index contributed by atoms with van der Waals surface area (Å²) in [5, 5.41) is 1.61. The van der Waals surface area contributed by atoms with Crippen molar-refractivity contribution in [2.24, 2.45) is 0 Å². The van der Waals surface area contributed by atoms with E-state index in [1.165, 1.54) is 30.5 Å². The average Bonchev–Trinajstić information content (AvgIpc) is 3.19. The summed E-state index contributed by atoms with van der Waals surface area (Å²) in [6, 6.07) is 14.0. The molecule has 29 heavy (non-hydrogen) atoms. The van der Waals surface area contributed by atoms with Gasteiger partial charge in [0.1, 0.15) is 16.8 Å². The minimum absolute atomic E-state index is 0.0225. The molecule has 1 amide bonds. The molecule has 152 valence electrons. The molecule has 0 spiro atoms. The molecular formula is C22H22FNO4S. The Bertz CT molecular complexity index is 1090. The van der Waals surface area contributed by atoms with Gasteiger partial charge < -0.3 is 9.73 Å². The van der Waals surface area contributed by atoms with Gasteiger partial charge in [0.15, 0.2) is 9.84 Å². The number of furan rings is 1. The predicted octanol–water partition coefficient (Wildman–Crippen LogP) is 3.91. The quantitative estimate of drug-likeness (QED) is 0.635. The fraction of sp³-hybridized carbons (Fsp3) is 0.227. The smallest absolute Gasteiger partial charge is 0.224 e. The SMILES string of the molecule is Cc1ccc(C)c(S(=O)(=O)[C@H](CNC(=O)Cc2ccc(F)cc2)c2ccco2)c1. The number of aryl methyl sites for hydroxylation is 2. The lowest BCUT2D eigenvalue weighted by molar-refractivity contribution is -0.120. The summed E-state index contributed by atoms with van der Waals surface area (Å²) in [5.41, 5.74) is 2.09. The second-order valence-corrected chi connectivity index (χ2v) is 9.02. The molecule has 2 aromatic carbocycles. The first-order valence-electron chi connectivity index (χ1n) is 9.13. The maximum atomic E-state index is 13.4. The molecule has 1 N–H and O–H groups in total. The van der Waals surface area contributed by atoms with Crippen LogP contribution in [-0.2, 0) is 21.1 Å².